The van der Waals surface area contributed by atoms with Crippen molar-refractivity contribution in [2.45, 2.75) is 43.7 Å². The van der Waals surface area contributed by atoms with Crippen LogP contribution in [-0.4, -0.2) is 72.5 Å². The van der Waals surface area contributed by atoms with Gasteiger partial charge in [-0.15, -0.1) is 0 Å². The van der Waals surface area contributed by atoms with E-state index in [0.29, 0.717) is 6.54 Å². The van der Waals surface area contributed by atoms with E-state index in [-0.39, 0.29) is 41.5 Å². The maximum absolute atomic E-state index is 13.6. The number of benzene rings is 1. The molecule has 1 aromatic heterocycles. The highest BCUT2D eigenvalue weighted by molar-refractivity contribution is 7.89. The Balaban J connectivity index is 1.76. The first-order valence-electron chi connectivity index (χ1n) is 11.3. The van der Waals surface area contributed by atoms with Crippen molar-refractivity contribution < 1.29 is 23.1 Å². The number of fused-ring (bicyclic) bond motifs is 1. The Morgan fingerprint density at radius 3 is 2.70 bits per heavy atom. The number of carbonyl (C=O) groups is 1. The number of aliphatic hydroxyl groups is 1. The van der Waals surface area contributed by atoms with Gasteiger partial charge >= 0.3 is 0 Å². The van der Waals surface area contributed by atoms with Crippen molar-refractivity contribution >= 4 is 15.9 Å². The van der Waals surface area contributed by atoms with E-state index in [9.17, 15) is 18.3 Å². The zero-order chi connectivity index (χ0) is 23.8. The van der Waals surface area contributed by atoms with Crippen LogP contribution in [0.5, 0.6) is 5.75 Å². The molecule has 33 heavy (non-hydrogen) atoms. The number of likely N-dealkylation sites (N-methyl/N-ethyl adjacent to an activating group) is 1. The lowest BCUT2D eigenvalue weighted by Gasteiger charge is -2.37. The average molecular weight is 474 g/mol. The summed E-state index contributed by atoms with van der Waals surface area (Å²) in [5.74, 6) is 0.230. The number of amides is 1. The van der Waals surface area contributed by atoms with Gasteiger partial charge in [-0.25, -0.2) is 8.42 Å². The van der Waals surface area contributed by atoms with Gasteiger partial charge in [-0.1, -0.05) is 19.1 Å². The van der Waals surface area contributed by atoms with Crippen LogP contribution < -0.4 is 4.74 Å². The smallest absolute Gasteiger partial charge is 0.247 e. The number of carbonyl (C=O) groups excluding carboxylic acids is 1. The van der Waals surface area contributed by atoms with Crippen molar-refractivity contribution in [3.05, 3.63) is 42.7 Å². The maximum atomic E-state index is 13.6. The molecule has 1 aromatic carbocycles. The van der Waals surface area contributed by atoms with Gasteiger partial charge in [0.2, 0.25) is 15.9 Å². The lowest BCUT2D eigenvalue weighted by molar-refractivity contribution is -0.132. The van der Waals surface area contributed by atoms with Crippen molar-refractivity contribution in [2.24, 2.45) is 11.8 Å². The third kappa shape index (κ3) is 4.90. The topological polar surface area (TPSA) is 100 Å². The van der Waals surface area contributed by atoms with E-state index in [1.807, 2.05) is 19.1 Å². The van der Waals surface area contributed by atoms with Gasteiger partial charge in [0.25, 0.3) is 0 Å². The normalized spacial score (nSPS) is 23.5. The van der Waals surface area contributed by atoms with Crippen molar-refractivity contribution in [1.82, 2.24) is 14.2 Å². The first-order valence-corrected chi connectivity index (χ1v) is 12.7. The molecule has 0 radical (unpaired) electrons. The largest absolute Gasteiger partial charge is 0.487 e. The number of aromatic nitrogens is 1. The summed E-state index contributed by atoms with van der Waals surface area (Å²) in [5.41, 5.74) is 1.63. The minimum atomic E-state index is -3.91. The molecule has 2 aliphatic rings. The van der Waals surface area contributed by atoms with Crippen LogP contribution in [0.1, 0.15) is 26.7 Å². The zero-order valence-corrected chi connectivity index (χ0v) is 20.0. The Morgan fingerprint density at radius 2 is 2.06 bits per heavy atom. The standard InChI is InChI=1S/C24H31N3O5S/c1-16-13-27(17(2)15-28)33(30,31)23-9-8-19(20-5-4-10-25-12-20)11-21(23)32-22(16)14-26(3)24(29)18-6-7-18/h4-5,8-12,16-18,22,28H,6-7,13-15H2,1-3H3/t16-,17-,22+/m0/s1. The van der Waals surface area contributed by atoms with Crippen molar-refractivity contribution in [1.29, 1.82) is 0 Å². The summed E-state index contributed by atoms with van der Waals surface area (Å²) in [6, 6.07) is 8.14. The minimum Gasteiger partial charge on any atom is -0.487 e. The van der Waals surface area contributed by atoms with Gasteiger partial charge in [0.15, 0.2) is 0 Å². The zero-order valence-electron chi connectivity index (χ0n) is 19.2. The Kier molecular flexibility index (Phi) is 6.74. The van der Waals surface area contributed by atoms with Gasteiger partial charge in [0.1, 0.15) is 16.7 Å². The van der Waals surface area contributed by atoms with Crippen LogP contribution in [0.3, 0.4) is 0 Å². The molecule has 1 aliphatic carbocycles. The van der Waals surface area contributed by atoms with Crippen LogP contribution in [0.2, 0.25) is 0 Å². The van der Waals surface area contributed by atoms with E-state index >= 15 is 0 Å². The second-order valence-electron chi connectivity index (χ2n) is 9.14. The molecule has 9 heteroatoms. The Bertz CT molecular complexity index is 1100. The predicted molar refractivity (Wildman–Crippen MR) is 124 cm³/mol. The monoisotopic (exact) mass is 473 g/mol. The molecule has 1 fully saturated rings. The van der Waals surface area contributed by atoms with Gasteiger partial charge < -0.3 is 14.7 Å². The summed E-state index contributed by atoms with van der Waals surface area (Å²) in [6.07, 6.45) is 4.81. The Labute approximate surface area is 195 Å². The molecule has 1 aliphatic heterocycles. The summed E-state index contributed by atoms with van der Waals surface area (Å²) < 4.78 is 34.8. The fraction of sp³-hybridized carbons (Fsp3) is 0.500. The molecule has 1 amide bonds. The molecule has 2 aromatic rings. The number of rotatable bonds is 6. The van der Waals surface area contributed by atoms with E-state index < -0.39 is 22.2 Å². The molecular formula is C24H31N3O5S. The van der Waals surface area contributed by atoms with Crippen molar-refractivity contribution in [2.75, 3.05) is 26.7 Å². The number of aliphatic hydroxyl groups excluding tert-OH is 1. The van der Waals surface area contributed by atoms with Crippen LogP contribution >= 0.6 is 0 Å². The van der Waals surface area contributed by atoms with Gasteiger partial charge in [-0.2, -0.15) is 4.31 Å². The van der Waals surface area contributed by atoms with E-state index in [4.69, 9.17) is 4.74 Å². The van der Waals surface area contributed by atoms with Crippen LogP contribution in [0.25, 0.3) is 11.1 Å². The van der Waals surface area contributed by atoms with E-state index in [0.717, 1.165) is 24.0 Å². The molecule has 2 heterocycles. The van der Waals surface area contributed by atoms with Crippen LogP contribution in [-0.2, 0) is 14.8 Å². The molecule has 0 unspecified atom stereocenters. The quantitative estimate of drug-likeness (QED) is 0.692. The molecule has 1 N–H and O–H groups in total. The molecule has 0 bridgehead atoms. The number of hydrogen-bond acceptors (Lipinski definition) is 6. The Hall–Kier alpha value is -2.49. The number of ether oxygens (including phenoxy) is 1. The second-order valence-corrected chi connectivity index (χ2v) is 11.0. The van der Waals surface area contributed by atoms with Gasteiger partial charge in [0.05, 0.1) is 13.2 Å². The highest BCUT2D eigenvalue weighted by atomic mass is 32.2. The lowest BCUT2D eigenvalue weighted by atomic mass is 10.0. The van der Waals surface area contributed by atoms with E-state index in [1.165, 1.54) is 4.31 Å². The Morgan fingerprint density at radius 1 is 1.30 bits per heavy atom. The van der Waals surface area contributed by atoms with Gasteiger partial charge in [-0.3, -0.25) is 9.78 Å². The number of hydrogen-bond donors (Lipinski definition) is 1. The molecule has 0 saturated heterocycles. The average Bonchev–Trinajstić information content (AvgIpc) is 3.66. The number of nitrogens with zero attached hydrogens (tertiary/aromatic N) is 3. The summed E-state index contributed by atoms with van der Waals surface area (Å²) in [6.45, 7) is 3.86. The SMILES string of the molecule is C[C@H]1CN([C@@H](C)CO)S(=O)(=O)c2ccc(-c3cccnc3)cc2O[C@@H]1CN(C)C(=O)C1CC1. The van der Waals surface area contributed by atoms with Crippen LogP contribution in [0.15, 0.2) is 47.6 Å². The highest BCUT2D eigenvalue weighted by Gasteiger charge is 2.39. The molecule has 1 saturated carbocycles. The summed E-state index contributed by atoms with van der Waals surface area (Å²) in [7, 11) is -2.13. The van der Waals surface area contributed by atoms with Crippen LogP contribution in [0.4, 0.5) is 0 Å². The first kappa shape index (κ1) is 23.7. The second kappa shape index (κ2) is 9.40. The molecule has 0 spiro atoms. The van der Waals surface area contributed by atoms with Gasteiger partial charge in [-0.05, 0) is 43.5 Å². The molecule has 4 rings (SSSR count). The summed E-state index contributed by atoms with van der Waals surface area (Å²) >= 11 is 0. The fourth-order valence-corrected chi connectivity index (χ4v) is 5.98. The van der Waals surface area contributed by atoms with Crippen molar-refractivity contribution in [3.8, 4) is 16.9 Å². The van der Waals surface area contributed by atoms with Crippen molar-refractivity contribution in [3.63, 3.8) is 0 Å². The highest BCUT2D eigenvalue weighted by Crippen LogP contribution is 2.37. The van der Waals surface area contributed by atoms with E-state index in [2.05, 4.69) is 4.98 Å². The van der Waals surface area contributed by atoms with Crippen LogP contribution in [0, 0.1) is 11.8 Å². The summed E-state index contributed by atoms with van der Waals surface area (Å²) in [5, 5.41) is 9.76. The third-order valence-electron chi connectivity index (χ3n) is 6.42. The van der Waals surface area contributed by atoms with Gasteiger partial charge in [0, 0.05) is 49.4 Å². The minimum absolute atomic E-state index is 0.0588. The lowest BCUT2D eigenvalue weighted by Crippen LogP contribution is -2.50. The van der Waals surface area contributed by atoms with E-state index in [1.54, 1.807) is 49.5 Å². The number of pyridine rings is 1. The third-order valence-corrected chi connectivity index (χ3v) is 8.44. The molecular weight excluding hydrogens is 442 g/mol. The summed E-state index contributed by atoms with van der Waals surface area (Å²) in [4.78, 5) is 18.5. The predicted octanol–water partition coefficient (Wildman–Crippen LogP) is 2.39. The maximum Gasteiger partial charge on any atom is 0.247 e. The number of sulfonamides is 1. The fourth-order valence-electron chi connectivity index (χ4n) is 4.16. The molecule has 178 valence electrons. The molecule has 3 atom stereocenters. The first-order chi connectivity index (χ1) is 15.7. The molecule has 8 nitrogen and oxygen atoms in total.